The Morgan fingerprint density at radius 3 is 2.04 bits per heavy atom. The predicted molar refractivity (Wildman–Crippen MR) is 95.3 cm³/mol. The summed E-state index contributed by atoms with van der Waals surface area (Å²) < 4.78 is 5.22. The molecular weight excluding hydrogens is 288 g/mol. The van der Waals surface area contributed by atoms with Gasteiger partial charge >= 0.3 is 6.09 Å². The van der Waals surface area contributed by atoms with Gasteiger partial charge in [0.1, 0.15) is 5.60 Å². The van der Waals surface area contributed by atoms with E-state index >= 15 is 0 Å². The molecular formula is C19H32N2O2. The van der Waals surface area contributed by atoms with E-state index in [0.717, 1.165) is 24.6 Å². The molecule has 0 saturated heterocycles. The molecule has 0 spiro atoms. The van der Waals surface area contributed by atoms with Gasteiger partial charge < -0.3 is 15.4 Å². The molecule has 0 heterocycles. The summed E-state index contributed by atoms with van der Waals surface area (Å²) in [5, 5.41) is 6.28. The molecule has 1 rings (SSSR count). The van der Waals surface area contributed by atoms with Crippen molar-refractivity contribution in [3.63, 3.8) is 0 Å². The molecule has 0 aromatic heterocycles. The maximum absolute atomic E-state index is 11.6. The fourth-order valence-corrected chi connectivity index (χ4v) is 2.26. The van der Waals surface area contributed by atoms with Crippen molar-refractivity contribution in [1.82, 2.24) is 10.6 Å². The van der Waals surface area contributed by atoms with Gasteiger partial charge in [0.2, 0.25) is 0 Å². The molecule has 2 N–H and O–H groups in total. The zero-order valence-corrected chi connectivity index (χ0v) is 15.2. The second-order valence-corrected chi connectivity index (χ2v) is 6.99. The average molecular weight is 320 g/mol. The first-order chi connectivity index (χ1) is 10.8. The molecule has 1 aromatic carbocycles. The molecule has 0 fully saturated rings. The van der Waals surface area contributed by atoms with E-state index in [0.29, 0.717) is 6.54 Å². The second-order valence-electron chi connectivity index (χ2n) is 6.99. The van der Waals surface area contributed by atoms with Gasteiger partial charge in [-0.2, -0.15) is 0 Å². The zero-order valence-electron chi connectivity index (χ0n) is 15.2. The fourth-order valence-electron chi connectivity index (χ4n) is 2.26. The molecule has 4 nitrogen and oxygen atoms in total. The van der Waals surface area contributed by atoms with Gasteiger partial charge in [-0.15, -0.1) is 0 Å². The van der Waals surface area contributed by atoms with Crippen molar-refractivity contribution in [1.29, 1.82) is 0 Å². The molecule has 0 atom stereocenters. The van der Waals surface area contributed by atoms with E-state index in [9.17, 15) is 4.79 Å². The van der Waals surface area contributed by atoms with Crippen LogP contribution in [0.15, 0.2) is 24.3 Å². The van der Waals surface area contributed by atoms with Crippen LogP contribution >= 0.6 is 0 Å². The monoisotopic (exact) mass is 320 g/mol. The number of carbonyl (C=O) groups excluding carboxylic acids is 1. The topological polar surface area (TPSA) is 50.4 Å². The largest absolute Gasteiger partial charge is 0.444 e. The highest BCUT2D eigenvalue weighted by Gasteiger charge is 2.15. The quantitative estimate of drug-likeness (QED) is 0.753. The van der Waals surface area contributed by atoms with Crippen LogP contribution in [-0.2, 0) is 17.8 Å². The highest BCUT2D eigenvalue weighted by atomic mass is 16.6. The van der Waals surface area contributed by atoms with Crippen LogP contribution in [0.4, 0.5) is 4.79 Å². The van der Waals surface area contributed by atoms with Crippen LogP contribution in [0, 0.1) is 5.92 Å². The molecule has 0 radical (unpaired) electrons. The van der Waals surface area contributed by atoms with Crippen LogP contribution in [0.1, 0.15) is 58.6 Å². The standard InChI is InChI=1S/C19H32N2O2/c1-6-15(7-2)12-20-13-16-8-10-17(11-9-16)14-21-18(22)23-19(3,4)5/h8-11,15,20H,6-7,12-14H2,1-5H3,(H,21,22). The third kappa shape index (κ3) is 8.60. The van der Waals surface area contributed by atoms with Crippen molar-refractivity contribution in [2.24, 2.45) is 5.92 Å². The van der Waals surface area contributed by atoms with Crippen LogP contribution in [0.5, 0.6) is 0 Å². The first-order valence-electron chi connectivity index (χ1n) is 8.59. The Balaban J connectivity index is 2.34. The first kappa shape index (κ1) is 19.5. The minimum Gasteiger partial charge on any atom is -0.444 e. The number of rotatable bonds is 8. The molecule has 0 saturated carbocycles. The zero-order chi connectivity index (χ0) is 17.3. The van der Waals surface area contributed by atoms with E-state index in [1.807, 2.05) is 32.9 Å². The molecule has 4 heteroatoms. The van der Waals surface area contributed by atoms with Gasteiger partial charge in [0.15, 0.2) is 0 Å². The summed E-state index contributed by atoms with van der Waals surface area (Å²) in [4.78, 5) is 11.6. The van der Waals surface area contributed by atoms with E-state index in [1.165, 1.54) is 18.4 Å². The summed E-state index contributed by atoms with van der Waals surface area (Å²) in [6.07, 6.45) is 2.06. The average Bonchev–Trinajstić information content (AvgIpc) is 2.49. The minimum atomic E-state index is -0.464. The van der Waals surface area contributed by atoms with Crippen LogP contribution in [0.3, 0.4) is 0 Å². The Hall–Kier alpha value is -1.55. The Bertz CT molecular complexity index is 459. The number of hydrogen-bond donors (Lipinski definition) is 2. The lowest BCUT2D eigenvalue weighted by molar-refractivity contribution is 0.0523. The Kier molecular flexibility index (Phi) is 8.10. The number of carbonyl (C=O) groups is 1. The van der Waals surface area contributed by atoms with Crippen LogP contribution in [-0.4, -0.2) is 18.2 Å². The summed E-state index contributed by atoms with van der Waals surface area (Å²) in [6.45, 7) is 12.5. The fraction of sp³-hybridized carbons (Fsp3) is 0.632. The number of nitrogens with one attached hydrogen (secondary N) is 2. The SMILES string of the molecule is CCC(CC)CNCc1ccc(CNC(=O)OC(C)(C)C)cc1. The van der Waals surface area contributed by atoms with Crippen molar-refractivity contribution in [3.05, 3.63) is 35.4 Å². The highest BCUT2D eigenvalue weighted by molar-refractivity contribution is 5.67. The lowest BCUT2D eigenvalue weighted by Crippen LogP contribution is -2.32. The molecule has 0 unspecified atom stereocenters. The lowest BCUT2D eigenvalue weighted by atomic mass is 10.0. The van der Waals surface area contributed by atoms with E-state index in [1.54, 1.807) is 0 Å². The van der Waals surface area contributed by atoms with Crippen molar-refractivity contribution in [2.45, 2.75) is 66.2 Å². The second kappa shape index (κ2) is 9.56. The van der Waals surface area contributed by atoms with Gasteiger partial charge in [-0.25, -0.2) is 4.79 Å². The Morgan fingerprint density at radius 1 is 1.04 bits per heavy atom. The van der Waals surface area contributed by atoms with Gasteiger partial charge in [-0.1, -0.05) is 51.0 Å². The van der Waals surface area contributed by atoms with Crippen molar-refractivity contribution < 1.29 is 9.53 Å². The first-order valence-corrected chi connectivity index (χ1v) is 8.59. The summed E-state index contributed by atoms with van der Waals surface area (Å²) in [6, 6.07) is 8.30. The Labute approximate surface area is 141 Å². The van der Waals surface area contributed by atoms with Crippen LogP contribution in [0.25, 0.3) is 0 Å². The van der Waals surface area contributed by atoms with E-state index in [-0.39, 0.29) is 6.09 Å². The number of ether oxygens (including phenoxy) is 1. The maximum atomic E-state index is 11.6. The normalized spacial score (nSPS) is 11.6. The highest BCUT2D eigenvalue weighted by Crippen LogP contribution is 2.09. The molecule has 1 aromatic rings. The van der Waals surface area contributed by atoms with Crippen molar-refractivity contribution in [3.8, 4) is 0 Å². The molecule has 0 bridgehead atoms. The lowest BCUT2D eigenvalue weighted by Gasteiger charge is -2.19. The number of benzene rings is 1. The maximum Gasteiger partial charge on any atom is 0.407 e. The number of alkyl carbamates (subject to hydrolysis) is 1. The van der Waals surface area contributed by atoms with Gasteiger partial charge in [-0.3, -0.25) is 0 Å². The summed E-state index contributed by atoms with van der Waals surface area (Å²) in [5.41, 5.74) is 1.87. The number of amides is 1. The summed E-state index contributed by atoms with van der Waals surface area (Å²) >= 11 is 0. The molecule has 1 amide bonds. The van der Waals surface area contributed by atoms with Crippen LogP contribution < -0.4 is 10.6 Å². The van der Waals surface area contributed by atoms with Gasteiger partial charge in [0, 0.05) is 13.1 Å². The minimum absolute atomic E-state index is 0.381. The van der Waals surface area contributed by atoms with E-state index in [2.05, 4.69) is 36.6 Å². The molecule has 0 aliphatic rings. The number of hydrogen-bond acceptors (Lipinski definition) is 3. The Morgan fingerprint density at radius 2 is 1.57 bits per heavy atom. The molecule has 0 aliphatic heterocycles. The van der Waals surface area contributed by atoms with Crippen LogP contribution in [0.2, 0.25) is 0 Å². The molecule has 0 aliphatic carbocycles. The van der Waals surface area contributed by atoms with Gasteiger partial charge in [-0.05, 0) is 44.4 Å². The van der Waals surface area contributed by atoms with E-state index in [4.69, 9.17) is 4.74 Å². The third-order valence-electron chi connectivity index (χ3n) is 3.78. The predicted octanol–water partition coefficient (Wildman–Crippen LogP) is 4.24. The smallest absolute Gasteiger partial charge is 0.407 e. The van der Waals surface area contributed by atoms with Gasteiger partial charge in [0.05, 0.1) is 0 Å². The van der Waals surface area contributed by atoms with Crippen molar-refractivity contribution in [2.75, 3.05) is 6.54 Å². The van der Waals surface area contributed by atoms with Gasteiger partial charge in [0.25, 0.3) is 0 Å². The molecule has 130 valence electrons. The molecule has 23 heavy (non-hydrogen) atoms. The summed E-state index contributed by atoms with van der Waals surface area (Å²) in [7, 11) is 0. The summed E-state index contributed by atoms with van der Waals surface area (Å²) in [5.74, 6) is 0.757. The third-order valence-corrected chi connectivity index (χ3v) is 3.78. The van der Waals surface area contributed by atoms with Crippen molar-refractivity contribution >= 4 is 6.09 Å². The van der Waals surface area contributed by atoms with E-state index < -0.39 is 5.60 Å².